The average molecular weight is 241 g/mol. The number of hydrogen-bond acceptors (Lipinski definition) is 5. The largest absolute Gasteiger partial charge is 0.313 e. The van der Waals surface area contributed by atoms with Gasteiger partial charge in [-0.2, -0.15) is 11.8 Å². The number of nitrogens with one attached hydrogen (secondary N) is 1. The van der Waals surface area contributed by atoms with Crippen molar-refractivity contribution in [3.8, 4) is 0 Å². The zero-order valence-electron chi connectivity index (χ0n) is 9.89. The third-order valence-corrected chi connectivity index (χ3v) is 4.36. The Kier molecular flexibility index (Phi) is 4.17. The summed E-state index contributed by atoms with van der Waals surface area (Å²) in [6.45, 7) is 0.745. The highest BCUT2D eigenvalue weighted by Crippen LogP contribution is 2.33. The maximum absolute atomic E-state index is 4.12. The second kappa shape index (κ2) is 5.63. The molecule has 0 unspecified atom stereocenters. The summed E-state index contributed by atoms with van der Waals surface area (Å²) in [7, 11) is 1.92. The van der Waals surface area contributed by atoms with Gasteiger partial charge in [0, 0.05) is 5.25 Å². The SMILES string of the molecule is CNCc1nnnn1C1CCC(SC)CC1. The van der Waals surface area contributed by atoms with Crippen molar-refractivity contribution >= 4 is 11.8 Å². The molecule has 0 radical (unpaired) electrons. The second-order valence-electron chi connectivity index (χ2n) is 4.24. The van der Waals surface area contributed by atoms with Gasteiger partial charge in [0.1, 0.15) is 0 Å². The van der Waals surface area contributed by atoms with Gasteiger partial charge >= 0.3 is 0 Å². The van der Waals surface area contributed by atoms with Crippen molar-refractivity contribution < 1.29 is 0 Å². The summed E-state index contributed by atoms with van der Waals surface area (Å²) in [5, 5.41) is 15.9. The normalized spacial score (nSPS) is 25.9. The van der Waals surface area contributed by atoms with Gasteiger partial charge in [-0.25, -0.2) is 4.68 Å². The lowest BCUT2D eigenvalue weighted by atomic mass is 9.95. The molecule has 0 saturated heterocycles. The second-order valence-corrected chi connectivity index (χ2v) is 5.37. The van der Waals surface area contributed by atoms with Crippen molar-refractivity contribution in [2.75, 3.05) is 13.3 Å². The van der Waals surface area contributed by atoms with Crippen LogP contribution in [-0.2, 0) is 6.54 Å². The fourth-order valence-corrected chi connectivity index (χ4v) is 3.04. The van der Waals surface area contributed by atoms with Crippen LogP contribution in [0.5, 0.6) is 0 Å². The Balaban J connectivity index is 1.99. The van der Waals surface area contributed by atoms with E-state index in [1.54, 1.807) is 0 Å². The number of thioether (sulfide) groups is 1. The molecule has 0 aliphatic heterocycles. The summed E-state index contributed by atoms with van der Waals surface area (Å²) < 4.78 is 2.01. The van der Waals surface area contributed by atoms with Gasteiger partial charge in [-0.05, 0) is 49.4 Å². The van der Waals surface area contributed by atoms with Gasteiger partial charge in [0.25, 0.3) is 0 Å². The molecule has 0 bridgehead atoms. The van der Waals surface area contributed by atoms with E-state index in [-0.39, 0.29) is 0 Å². The van der Waals surface area contributed by atoms with Gasteiger partial charge in [0.15, 0.2) is 5.82 Å². The summed E-state index contributed by atoms with van der Waals surface area (Å²) in [5.74, 6) is 0.954. The Morgan fingerprint density at radius 1 is 1.38 bits per heavy atom. The van der Waals surface area contributed by atoms with Gasteiger partial charge in [0.05, 0.1) is 12.6 Å². The molecular weight excluding hydrogens is 222 g/mol. The van der Waals surface area contributed by atoms with Crippen molar-refractivity contribution in [2.24, 2.45) is 0 Å². The maximum atomic E-state index is 4.12. The van der Waals surface area contributed by atoms with Crippen LogP contribution in [-0.4, -0.2) is 38.8 Å². The molecule has 1 aromatic rings. The minimum Gasteiger partial charge on any atom is -0.313 e. The fourth-order valence-electron chi connectivity index (χ4n) is 2.30. The van der Waals surface area contributed by atoms with Gasteiger partial charge in [-0.1, -0.05) is 0 Å². The van der Waals surface area contributed by atoms with Crippen molar-refractivity contribution in [1.82, 2.24) is 25.5 Å². The van der Waals surface area contributed by atoms with Crippen LogP contribution < -0.4 is 5.32 Å². The van der Waals surface area contributed by atoms with Crippen LogP contribution in [0.1, 0.15) is 37.5 Å². The highest BCUT2D eigenvalue weighted by Gasteiger charge is 2.24. The van der Waals surface area contributed by atoms with Crippen LogP contribution >= 0.6 is 11.8 Å². The van der Waals surface area contributed by atoms with Gasteiger partial charge < -0.3 is 5.32 Å². The predicted octanol–water partition coefficient (Wildman–Crippen LogP) is 1.24. The van der Waals surface area contributed by atoms with E-state index in [4.69, 9.17) is 0 Å². The smallest absolute Gasteiger partial charge is 0.165 e. The zero-order chi connectivity index (χ0) is 11.4. The summed E-state index contributed by atoms with van der Waals surface area (Å²) in [6.07, 6.45) is 7.17. The third-order valence-electron chi connectivity index (χ3n) is 3.22. The van der Waals surface area contributed by atoms with Crippen LogP contribution in [0, 0.1) is 0 Å². The lowest BCUT2D eigenvalue weighted by molar-refractivity contribution is 0.320. The number of nitrogens with zero attached hydrogens (tertiary/aromatic N) is 4. The van der Waals surface area contributed by atoms with Gasteiger partial charge in [-0.3, -0.25) is 0 Å². The Morgan fingerprint density at radius 3 is 2.75 bits per heavy atom. The summed E-state index contributed by atoms with van der Waals surface area (Å²) in [4.78, 5) is 0. The standard InChI is InChI=1S/C10H19N5S/c1-11-7-10-12-13-14-15(10)8-3-5-9(16-2)6-4-8/h8-9,11H,3-7H2,1-2H3. The van der Waals surface area contributed by atoms with Crippen molar-refractivity contribution in [3.63, 3.8) is 0 Å². The van der Waals surface area contributed by atoms with Gasteiger partial charge in [-0.15, -0.1) is 5.10 Å². The van der Waals surface area contributed by atoms with Gasteiger partial charge in [0.2, 0.25) is 0 Å². The highest BCUT2D eigenvalue weighted by molar-refractivity contribution is 7.99. The Labute approximate surface area is 100 Å². The molecule has 0 spiro atoms. The summed E-state index contributed by atoms with van der Waals surface area (Å²) in [6, 6.07) is 0.502. The lowest BCUT2D eigenvalue weighted by Gasteiger charge is -2.27. The molecule has 1 aliphatic carbocycles. The zero-order valence-corrected chi connectivity index (χ0v) is 10.7. The number of rotatable bonds is 4. The molecule has 0 amide bonds. The van der Waals surface area contributed by atoms with Crippen molar-refractivity contribution in [3.05, 3.63) is 5.82 Å². The molecule has 1 N–H and O–H groups in total. The minimum atomic E-state index is 0.502. The molecule has 1 saturated carbocycles. The average Bonchev–Trinajstić information content (AvgIpc) is 2.78. The highest BCUT2D eigenvalue weighted by atomic mass is 32.2. The van der Waals surface area contributed by atoms with E-state index in [1.807, 2.05) is 23.5 Å². The van der Waals surface area contributed by atoms with E-state index >= 15 is 0 Å². The van der Waals surface area contributed by atoms with Crippen LogP contribution in [0.25, 0.3) is 0 Å². The number of tetrazole rings is 1. The Hall–Kier alpha value is -0.620. The molecule has 1 aromatic heterocycles. The van der Waals surface area contributed by atoms with Crippen LogP contribution in [0.15, 0.2) is 0 Å². The molecule has 2 rings (SSSR count). The molecule has 16 heavy (non-hydrogen) atoms. The van der Waals surface area contributed by atoms with E-state index in [9.17, 15) is 0 Å². The fraction of sp³-hybridized carbons (Fsp3) is 0.900. The first-order valence-electron chi connectivity index (χ1n) is 5.79. The van der Waals surface area contributed by atoms with E-state index in [1.165, 1.54) is 25.7 Å². The molecule has 0 aromatic carbocycles. The molecule has 5 nitrogen and oxygen atoms in total. The molecule has 1 fully saturated rings. The number of aromatic nitrogens is 4. The topological polar surface area (TPSA) is 55.6 Å². The molecule has 1 heterocycles. The van der Waals surface area contributed by atoms with Crippen molar-refractivity contribution in [1.29, 1.82) is 0 Å². The monoisotopic (exact) mass is 241 g/mol. The first-order valence-corrected chi connectivity index (χ1v) is 7.08. The third kappa shape index (κ3) is 2.55. The van der Waals surface area contributed by atoms with E-state index in [0.717, 1.165) is 17.6 Å². The molecule has 1 aliphatic rings. The van der Waals surface area contributed by atoms with Crippen LogP contribution in [0.2, 0.25) is 0 Å². The van der Waals surface area contributed by atoms with E-state index < -0.39 is 0 Å². The minimum absolute atomic E-state index is 0.502. The first kappa shape index (κ1) is 11.9. The Morgan fingerprint density at radius 2 is 2.12 bits per heavy atom. The Bertz CT molecular complexity index is 319. The molecule has 0 atom stereocenters. The lowest BCUT2D eigenvalue weighted by Crippen LogP contribution is -2.23. The van der Waals surface area contributed by atoms with E-state index in [2.05, 4.69) is 27.1 Å². The van der Waals surface area contributed by atoms with Crippen LogP contribution in [0.3, 0.4) is 0 Å². The molecular formula is C10H19N5S. The predicted molar refractivity (Wildman–Crippen MR) is 65.4 cm³/mol. The summed E-state index contributed by atoms with van der Waals surface area (Å²) >= 11 is 1.99. The van der Waals surface area contributed by atoms with E-state index in [0.29, 0.717) is 6.04 Å². The molecule has 90 valence electrons. The van der Waals surface area contributed by atoms with Crippen LogP contribution in [0.4, 0.5) is 0 Å². The molecule has 6 heteroatoms. The first-order chi connectivity index (χ1) is 7.85. The number of hydrogen-bond donors (Lipinski definition) is 1. The summed E-state index contributed by atoms with van der Waals surface area (Å²) in [5.41, 5.74) is 0. The maximum Gasteiger partial charge on any atom is 0.165 e. The van der Waals surface area contributed by atoms with Crippen molar-refractivity contribution in [2.45, 2.75) is 43.5 Å². The quantitative estimate of drug-likeness (QED) is 0.859.